The third kappa shape index (κ3) is 4.60. The van der Waals surface area contributed by atoms with E-state index in [4.69, 9.17) is 19.7 Å². The van der Waals surface area contributed by atoms with Crippen LogP contribution in [0.15, 0.2) is 5.11 Å². The zero-order valence-corrected chi connectivity index (χ0v) is 10.2. The lowest BCUT2D eigenvalue weighted by Gasteiger charge is -2.33. The molecule has 18 heavy (non-hydrogen) atoms. The van der Waals surface area contributed by atoms with Gasteiger partial charge in [-0.1, -0.05) is 5.11 Å². The number of hydrogen-bond acceptors (Lipinski definition) is 6. The van der Waals surface area contributed by atoms with Crippen LogP contribution in [0.25, 0.3) is 10.4 Å². The molecule has 3 atom stereocenters. The second kappa shape index (κ2) is 6.83. The van der Waals surface area contributed by atoms with Crippen LogP contribution in [0, 0.1) is 0 Å². The lowest BCUT2D eigenvalue weighted by Crippen LogP contribution is -2.42. The first-order valence-electron chi connectivity index (χ1n) is 5.53. The summed E-state index contributed by atoms with van der Waals surface area (Å²) < 4.78 is 15.2. The van der Waals surface area contributed by atoms with Crippen LogP contribution in [-0.2, 0) is 23.8 Å². The number of hydrogen-bond donors (Lipinski definition) is 0. The van der Waals surface area contributed by atoms with E-state index in [1.54, 1.807) is 0 Å². The summed E-state index contributed by atoms with van der Waals surface area (Å²) >= 11 is 0. The number of ether oxygens (including phenoxy) is 3. The highest BCUT2D eigenvalue weighted by atomic mass is 16.7. The van der Waals surface area contributed by atoms with Crippen molar-refractivity contribution in [1.82, 2.24) is 0 Å². The van der Waals surface area contributed by atoms with Crippen LogP contribution in [0.2, 0.25) is 0 Å². The molecule has 0 amide bonds. The Bertz CT molecular complexity index is 367. The third-order valence-electron chi connectivity index (χ3n) is 2.38. The number of carbonyl (C=O) groups excluding carboxylic acids is 2. The number of nitrogens with zero attached hydrogens (tertiary/aromatic N) is 3. The average molecular weight is 257 g/mol. The quantitative estimate of drug-likeness (QED) is 0.326. The molecular weight excluding hydrogens is 242 g/mol. The van der Waals surface area contributed by atoms with Crippen LogP contribution in [0.3, 0.4) is 0 Å². The topological polar surface area (TPSA) is 111 Å². The maximum Gasteiger partial charge on any atom is 0.304 e. The number of esters is 2. The Morgan fingerprint density at radius 1 is 1.39 bits per heavy atom. The molecule has 0 N–H and O–H groups in total. The monoisotopic (exact) mass is 257 g/mol. The van der Waals surface area contributed by atoms with Gasteiger partial charge in [-0.15, -0.1) is 0 Å². The Morgan fingerprint density at radius 3 is 2.67 bits per heavy atom. The minimum Gasteiger partial charge on any atom is -0.463 e. The van der Waals surface area contributed by atoms with Gasteiger partial charge in [0.25, 0.3) is 0 Å². The molecule has 1 saturated heterocycles. The van der Waals surface area contributed by atoms with Crippen molar-refractivity contribution < 1.29 is 23.8 Å². The molecule has 0 aromatic rings. The number of carbonyl (C=O) groups is 2. The standard InChI is InChI=1S/C10H15N3O5/c1-6(14)16-5-8-3-4-9(12-13-11)10(18-8)17-7(2)15/h8-10H,3-5H2,1-2H3/t8-,9-,10?/m1/s1. The fourth-order valence-corrected chi connectivity index (χ4v) is 1.62. The molecule has 8 heteroatoms. The van der Waals surface area contributed by atoms with Crippen LogP contribution < -0.4 is 0 Å². The highest BCUT2D eigenvalue weighted by Gasteiger charge is 2.33. The number of azide groups is 1. The molecule has 1 rings (SSSR count). The molecule has 1 fully saturated rings. The summed E-state index contributed by atoms with van der Waals surface area (Å²) in [6, 6.07) is -0.549. The summed E-state index contributed by atoms with van der Waals surface area (Å²) in [6.07, 6.45) is -0.209. The van der Waals surface area contributed by atoms with Crippen LogP contribution in [0.1, 0.15) is 26.7 Å². The third-order valence-corrected chi connectivity index (χ3v) is 2.38. The SMILES string of the molecule is CC(=O)OC[C@H]1CC[C@@H](N=[N+]=[N-])C(OC(C)=O)O1. The van der Waals surface area contributed by atoms with Crippen LogP contribution >= 0.6 is 0 Å². The first kappa shape index (κ1) is 14.3. The summed E-state index contributed by atoms with van der Waals surface area (Å²) in [4.78, 5) is 24.3. The van der Waals surface area contributed by atoms with Gasteiger partial charge >= 0.3 is 11.9 Å². The van der Waals surface area contributed by atoms with Crippen molar-refractivity contribution in [2.45, 2.75) is 45.1 Å². The van der Waals surface area contributed by atoms with E-state index < -0.39 is 24.3 Å². The van der Waals surface area contributed by atoms with E-state index in [2.05, 4.69) is 10.0 Å². The van der Waals surface area contributed by atoms with Gasteiger partial charge in [0.1, 0.15) is 12.6 Å². The molecule has 0 saturated carbocycles. The van der Waals surface area contributed by atoms with Crippen molar-refractivity contribution in [3.63, 3.8) is 0 Å². The Morgan fingerprint density at radius 2 is 2.11 bits per heavy atom. The van der Waals surface area contributed by atoms with Gasteiger partial charge in [0.2, 0.25) is 6.29 Å². The minimum absolute atomic E-state index is 0.0933. The second-order valence-corrected chi connectivity index (χ2v) is 3.89. The molecular formula is C10H15N3O5. The Balaban J connectivity index is 2.57. The van der Waals surface area contributed by atoms with Crippen molar-refractivity contribution in [3.8, 4) is 0 Å². The molecule has 1 heterocycles. The molecule has 1 aliphatic heterocycles. The molecule has 0 radical (unpaired) electrons. The Kier molecular flexibility index (Phi) is 5.41. The number of rotatable bonds is 4. The zero-order valence-electron chi connectivity index (χ0n) is 10.2. The maximum absolute atomic E-state index is 10.9. The van der Waals surface area contributed by atoms with Crippen molar-refractivity contribution in [2.75, 3.05) is 6.61 Å². The fraction of sp³-hybridized carbons (Fsp3) is 0.800. The van der Waals surface area contributed by atoms with Gasteiger partial charge in [-0.25, -0.2) is 0 Å². The molecule has 0 spiro atoms. The van der Waals surface area contributed by atoms with E-state index in [1.807, 2.05) is 0 Å². The van der Waals surface area contributed by atoms with E-state index in [1.165, 1.54) is 13.8 Å². The van der Waals surface area contributed by atoms with E-state index >= 15 is 0 Å². The van der Waals surface area contributed by atoms with Crippen molar-refractivity contribution >= 4 is 11.9 Å². The van der Waals surface area contributed by atoms with Crippen molar-refractivity contribution in [2.24, 2.45) is 5.11 Å². The van der Waals surface area contributed by atoms with Crippen LogP contribution in [-0.4, -0.2) is 37.0 Å². The highest BCUT2D eigenvalue weighted by Crippen LogP contribution is 2.23. The van der Waals surface area contributed by atoms with Gasteiger partial charge in [-0.3, -0.25) is 9.59 Å². The van der Waals surface area contributed by atoms with Crippen molar-refractivity contribution in [1.29, 1.82) is 0 Å². The van der Waals surface area contributed by atoms with Crippen molar-refractivity contribution in [3.05, 3.63) is 10.4 Å². The van der Waals surface area contributed by atoms with Gasteiger partial charge in [0, 0.05) is 18.8 Å². The first-order valence-corrected chi connectivity index (χ1v) is 5.53. The summed E-state index contributed by atoms with van der Waals surface area (Å²) in [5.41, 5.74) is 8.41. The molecule has 100 valence electrons. The normalized spacial score (nSPS) is 26.9. The van der Waals surface area contributed by atoms with E-state index in [9.17, 15) is 9.59 Å². The second-order valence-electron chi connectivity index (χ2n) is 3.89. The van der Waals surface area contributed by atoms with Gasteiger partial charge < -0.3 is 14.2 Å². The largest absolute Gasteiger partial charge is 0.463 e. The molecule has 8 nitrogen and oxygen atoms in total. The highest BCUT2D eigenvalue weighted by molar-refractivity contribution is 5.66. The Hall–Kier alpha value is -1.79. The van der Waals surface area contributed by atoms with Gasteiger partial charge in [-0.2, -0.15) is 0 Å². The van der Waals surface area contributed by atoms with Crippen LogP contribution in [0.5, 0.6) is 0 Å². The maximum atomic E-state index is 10.9. The lowest BCUT2D eigenvalue weighted by molar-refractivity contribution is -0.213. The summed E-state index contributed by atoms with van der Waals surface area (Å²) in [5.74, 6) is -0.925. The minimum atomic E-state index is -0.923. The van der Waals surface area contributed by atoms with Crippen LogP contribution in [0.4, 0.5) is 0 Å². The summed E-state index contributed by atoms with van der Waals surface area (Å²) in [6.45, 7) is 2.64. The molecule has 0 bridgehead atoms. The zero-order chi connectivity index (χ0) is 13.5. The van der Waals surface area contributed by atoms with E-state index in [-0.39, 0.29) is 12.7 Å². The molecule has 1 aliphatic rings. The molecule has 0 aromatic carbocycles. The lowest BCUT2D eigenvalue weighted by atomic mass is 10.0. The van der Waals surface area contributed by atoms with Gasteiger partial charge in [0.05, 0.1) is 6.10 Å². The summed E-state index contributed by atoms with van der Waals surface area (Å²) in [5, 5.41) is 3.52. The first-order chi connectivity index (χ1) is 8.52. The molecule has 0 aliphatic carbocycles. The Labute approximate surface area is 104 Å². The van der Waals surface area contributed by atoms with Gasteiger partial charge in [-0.05, 0) is 18.4 Å². The molecule has 1 unspecified atom stereocenters. The molecule has 0 aromatic heterocycles. The predicted molar refractivity (Wildman–Crippen MR) is 59.2 cm³/mol. The van der Waals surface area contributed by atoms with Gasteiger partial charge in [0.15, 0.2) is 0 Å². The average Bonchev–Trinajstić information content (AvgIpc) is 2.29. The van der Waals surface area contributed by atoms with E-state index in [0.29, 0.717) is 12.8 Å². The fourth-order valence-electron chi connectivity index (χ4n) is 1.62. The smallest absolute Gasteiger partial charge is 0.304 e. The summed E-state index contributed by atoms with van der Waals surface area (Å²) in [7, 11) is 0. The van der Waals surface area contributed by atoms with E-state index in [0.717, 1.165) is 0 Å². The predicted octanol–water partition coefficient (Wildman–Crippen LogP) is 1.30.